The molecule has 2 rings (SSSR count). The molecular weight excluding hydrogens is 186 g/mol. The van der Waals surface area contributed by atoms with Gasteiger partial charge in [0.05, 0.1) is 0 Å². The Bertz CT molecular complexity index is 267. The lowest BCUT2D eigenvalue weighted by molar-refractivity contribution is 0.497. The zero-order valence-corrected chi connectivity index (χ0v) is 9.00. The Kier molecular flexibility index (Phi) is 4.14. The lowest BCUT2D eigenvalue weighted by Crippen LogP contribution is -2.32. The first kappa shape index (κ1) is 10.6. The third kappa shape index (κ3) is 3.63. The highest BCUT2D eigenvalue weighted by Gasteiger charge is 2.12. The number of nitrogens with one attached hydrogen (secondary N) is 3. The second-order valence-electron chi connectivity index (χ2n) is 4.01. The summed E-state index contributed by atoms with van der Waals surface area (Å²) >= 11 is 0. The zero-order chi connectivity index (χ0) is 10.3. The molecule has 0 amide bonds. The van der Waals surface area contributed by atoms with Crippen LogP contribution < -0.4 is 16.2 Å². The fourth-order valence-electron chi connectivity index (χ4n) is 1.86. The Morgan fingerprint density at radius 2 is 2.13 bits per heavy atom. The van der Waals surface area contributed by atoms with Gasteiger partial charge in [0.2, 0.25) is 0 Å². The second-order valence-corrected chi connectivity index (χ2v) is 4.01. The predicted molar refractivity (Wildman–Crippen MR) is 62.3 cm³/mol. The van der Waals surface area contributed by atoms with Gasteiger partial charge in [0.15, 0.2) is 0 Å². The number of rotatable bonds is 5. The molecule has 82 valence electrons. The average molecular weight is 205 g/mol. The normalized spacial score (nSPS) is 20.7. The van der Waals surface area contributed by atoms with Crippen molar-refractivity contribution in [3.05, 3.63) is 35.9 Å². The quantitative estimate of drug-likeness (QED) is 0.628. The molecule has 3 N–H and O–H groups in total. The van der Waals surface area contributed by atoms with Crippen molar-refractivity contribution >= 4 is 0 Å². The Hall–Kier alpha value is -0.900. The fraction of sp³-hybridized carbons (Fsp3) is 0.500. The summed E-state index contributed by atoms with van der Waals surface area (Å²) in [7, 11) is 0. The second kappa shape index (κ2) is 5.85. The van der Waals surface area contributed by atoms with Gasteiger partial charge in [-0.1, -0.05) is 30.3 Å². The lowest BCUT2D eigenvalue weighted by Gasteiger charge is -2.09. The van der Waals surface area contributed by atoms with Crippen molar-refractivity contribution in [1.29, 1.82) is 0 Å². The summed E-state index contributed by atoms with van der Waals surface area (Å²) in [5, 5.41) is 3.46. The van der Waals surface area contributed by atoms with Crippen molar-refractivity contribution in [3.63, 3.8) is 0 Å². The molecule has 3 heteroatoms. The molecule has 1 aliphatic heterocycles. The highest BCUT2D eigenvalue weighted by atomic mass is 15.4. The SMILES string of the molecule is c1ccc(CNCCC2CCNN2)cc1. The molecule has 1 fully saturated rings. The molecular formula is C12H19N3. The maximum Gasteiger partial charge on any atom is 0.0237 e. The molecule has 0 bridgehead atoms. The van der Waals surface area contributed by atoms with E-state index in [-0.39, 0.29) is 0 Å². The average Bonchev–Trinajstić information content (AvgIpc) is 2.79. The minimum Gasteiger partial charge on any atom is -0.313 e. The van der Waals surface area contributed by atoms with Crippen molar-refractivity contribution in [2.24, 2.45) is 0 Å². The molecule has 3 nitrogen and oxygen atoms in total. The summed E-state index contributed by atoms with van der Waals surface area (Å²) in [6, 6.07) is 11.2. The first-order valence-electron chi connectivity index (χ1n) is 5.68. The van der Waals surface area contributed by atoms with Crippen LogP contribution in [0.25, 0.3) is 0 Å². The van der Waals surface area contributed by atoms with Crippen LogP contribution in [0.1, 0.15) is 18.4 Å². The monoisotopic (exact) mass is 205 g/mol. The molecule has 1 atom stereocenters. The summed E-state index contributed by atoms with van der Waals surface area (Å²) in [5.74, 6) is 0. The van der Waals surface area contributed by atoms with Gasteiger partial charge in [-0.3, -0.25) is 10.9 Å². The number of hydrazine groups is 1. The Balaban J connectivity index is 1.59. The Morgan fingerprint density at radius 3 is 2.87 bits per heavy atom. The molecule has 0 radical (unpaired) electrons. The van der Waals surface area contributed by atoms with Gasteiger partial charge in [-0.25, -0.2) is 0 Å². The zero-order valence-electron chi connectivity index (χ0n) is 9.00. The Morgan fingerprint density at radius 1 is 1.27 bits per heavy atom. The van der Waals surface area contributed by atoms with E-state index in [1.807, 2.05) is 0 Å². The van der Waals surface area contributed by atoms with E-state index in [2.05, 4.69) is 46.5 Å². The molecule has 1 heterocycles. The maximum absolute atomic E-state index is 3.46. The van der Waals surface area contributed by atoms with Gasteiger partial charge in [0.1, 0.15) is 0 Å². The number of hydrogen-bond acceptors (Lipinski definition) is 3. The smallest absolute Gasteiger partial charge is 0.0237 e. The molecule has 1 saturated heterocycles. The summed E-state index contributed by atoms with van der Waals surface area (Å²) in [6.07, 6.45) is 2.44. The van der Waals surface area contributed by atoms with Gasteiger partial charge in [0, 0.05) is 19.1 Å². The van der Waals surface area contributed by atoms with Gasteiger partial charge < -0.3 is 5.32 Å². The largest absolute Gasteiger partial charge is 0.313 e. The molecule has 0 spiro atoms. The van der Waals surface area contributed by atoms with E-state index < -0.39 is 0 Å². The molecule has 15 heavy (non-hydrogen) atoms. The highest BCUT2D eigenvalue weighted by Crippen LogP contribution is 2.01. The van der Waals surface area contributed by atoms with Crippen molar-refractivity contribution < 1.29 is 0 Å². The fourth-order valence-corrected chi connectivity index (χ4v) is 1.86. The van der Waals surface area contributed by atoms with Gasteiger partial charge in [-0.15, -0.1) is 0 Å². The first-order valence-corrected chi connectivity index (χ1v) is 5.68. The van der Waals surface area contributed by atoms with Gasteiger partial charge in [0.25, 0.3) is 0 Å². The molecule has 1 aliphatic rings. The predicted octanol–water partition coefficient (Wildman–Crippen LogP) is 1.03. The van der Waals surface area contributed by atoms with Crippen LogP contribution in [0.4, 0.5) is 0 Å². The minimum atomic E-state index is 0.647. The van der Waals surface area contributed by atoms with E-state index in [0.29, 0.717) is 6.04 Å². The van der Waals surface area contributed by atoms with E-state index in [0.717, 1.165) is 19.6 Å². The van der Waals surface area contributed by atoms with E-state index in [1.165, 1.54) is 18.4 Å². The molecule has 0 aliphatic carbocycles. The van der Waals surface area contributed by atoms with Gasteiger partial charge in [-0.2, -0.15) is 0 Å². The van der Waals surface area contributed by atoms with Crippen LogP contribution in [-0.4, -0.2) is 19.1 Å². The number of benzene rings is 1. The number of hydrogen-bond donors (Lipinski definition) is 3. The molecule has 0 aromatic heterocycles. The first-order chi connectivity index (χ1) is 7.45. The van der Waals surface area contributed by atoms with Crippen LogP contribution in [0.15, 0.2) is 30.3 Å². The third-order valence-corrected chi connectivity index (χ3v) is 2.77. The van der Waals surface area contributed by atoms with E-state index in [9.17, 15) is 0 Å². The van der Waals surface area contributed by atoms with Crippen LogP contribution in [0.3, 0.4) is 0 Å². The third-order valence-electron chi connectivity index (χ3n) is 2.77. The van der Waals surface area contributed by atoms with E-state index in [4.69, 9.17) is 0 Å². The summed E-state index contributed by atoms with van der Waals surface area (Å²) < 4.78 is 0. The van der Waals surface area contributed by atoms with Crippen molar-refractivity contribution in [3.8, 4) is 0 Å². The molecule has 1 aromatic rings. The van der Waals surface area contributed by atoms with Crippen LogP contribution in [0.5, 0.6) is 0 Å². The van der Waals surface area contributed by atoms with Crippen LogP contribution in [0, 0.1) is 0 Å². The lowest BCUT2D eigenvalue weighted by atomic mass is 10.1. The van der Waals surface area contributed by atoms with Gasteiger partial charge >= 0.3 is 0 Å². The summed E-state index contributed by atoms with van der Waals surface area (Å²) in [5.41, 5.74) is 7.77. The topological polar surface area (TPSA) is 36.1 Å². The summed E-state index contributed by atoms with van der Waals surface area (Å²) in [6.45, 7) is 3.15. The minimum absolute atomic E-state index is 0.647. The highest BCUT2D eigenvalue weighted by molar-refractivity contribution is 5.14. The van der Waals surface area contributed by atoms with Crippen LogP contribution in [0.2, 0.25) is 0 Å². The molecule has 1 unspecified atom stereocenters. The standard InChI is InChI=1S/C12H19N3/c1-2-4-11(5-3-1)10-13-8-6-12-7-9-14-15-12/h1-5,12-15H,6-10H2. The summed E-state index contributed by atoms with van der Waals surface area (Å²) in [4.78, 5) is 0. The van der Waals surface area contributed by atoms with Gasteiger partial charge in [-0.05, 0) is 24.9 Å². The Labute approximate surface area is 91.2 Å². The van der Waals surface area contributed by atoms with E-state index in [1.54, 1.807) is 0 Å². The maximum atomic E-state index is 3.46. The molecule has 1 aromatic carbocycles. The van der Waals surface area contributed by atoms with Crippen molar-refractivity contribution in [2.45, 2.75) is 25.4 Å². The molecule has 0 saturated carbocycles. The van der Waals surface area contributed by atoms with E-state index >= 15 is 0 Å². The van der Waals surface area contributed by atoms with Crippen LogP contribution >= 0.6 is 0 Å². The van der Waals surface area contributed by atoms with Crippen molar-refractivity contribution in [1.82, 2.24) is 16.2 Å². The van der Waals surface area contributed by atoms with Crippen LogP contribution in [-0.2, 0) is 6.54 Å². The van der Waals surface area contributed by atoms with Crippen molar-refractivity contribution in [2.75, 3.05) is 13.1 Å².